The number of hydrogen-bond donors (Lipinski definition) is 0. The third-order valence-corrected chi connectivity index (χ3v) is 3.65. The fourth-order valence-electron chi connectivity index (χ4n) is 2.48. The molecule has 6 heteroatoms. The summed E-state index contributed by atoms with van der Waals surface area (Å²) >= 11 is 0. The molecule has 0 aliphatic rings. The van der Waals surface area contributed by atoms with Crippen LogP contribution in [-0.2, 0) is 0 Å². The summed E-state index contributed by atoms with van der Waals surface area (Å²) in [6.45, 7) is 0. The Morgan fingerprint density at radius 1 is 1.04 bits per heavy atom. The van der Waals surface area contributed by atoms with Crippen LogP contribution >= 0.6 is 0 Å². The van der Waals surface area contributed by atoms with E-state index in [1.165, 1.54) is 4.52 Å². The first-order chi connectivity index (χ1) is 11.3. The molecule has 6 nitrogen and oxygen atoms in total. The molecule has 2 aromatic carbocycles. The molecule has 0 fully saturated rings. The van der Waals surface area contributed by atoms with E-state index in [1.54, 1.807) is 37.7 Å². The van der Waals surface area contributed by atoms with E-state index in [1.807, 2.05) is 24.3 Å². The fraction of sp³-hybridized carbons (Fsp3) is 0.0588. The van der Waals surface area contributed by atoms with Crippen molar-refractivity contribution < 1.29 is 4.74 Å². The largest absolute Gasteiger partial charge is 0.497 e. The summed E-state index contributed by atoms with van der Waals surface area (Å²) in [6, 6.07) is 14.7. The number of ether oxygens (including phenoxy) is 1. The van der Waals surface area contributed by atoms with Gasteiger partial charge in [-0.05, 0) is 36.4 Å². The second-order valence-electron chi connectivity index (χ2n) is 5.02. The maximum absolute atomic E-state index is 12.4. The average Bonchev–Trinajstić information content (AvgIpc) is 2.61. The van der Waals surface area contributed by atoms with E-state index >= 15 is 0 Å². The van der Waals surface area contributed by atoms with E-state index in [9.17, 15) is 4.79 Å². The van der Waals surface area contributed by atoms with Gasteiger partial charge in [-0.15, -0.1) is 0 Å². The van der Waals surface area contributed by atoms with Gasteiger partial charge in [-0.25, -0.2) is 9.50 Å². The quantitative estimate of drug-likeness (QED) is 0.532. The van der Waals surface area contributed by atoms with Crippen LogP contribution in [0.2, 0.25) is 0 Å². The van der Waals surface area contributed by atoms with Crippen LogP contribution in [0.4, 0.5) is 0 Å². The van der Waals surface area contributed by atoms with Crippen LogP contribution in [0.5, 0.6) is 5.75 Å². The monoisotopic (exact) mass is 304 g/mol. The van der Waals surface area contributed by atoms with Crippen LogP contribution in [0.1, 0.15) is 0 Å². The Balaban J connectivity index is 1.96. The van der Waals surface area contributed by atoms with Gasteiger partial charge in [0.2, 0.25) is 0 Å². The van der Waals surface area contributed by atoms with E-state index in [2.05, 4.69) is 15.1 Å². The lowest BCUT2D eigenvalue weighted by atomic mass is 10.1. The van der Waals surface area contributed by atoms with Gasteiger partial charge in [0.05, 0.1) is 12.6 Å². The first-order valence-corrected chi connectivity index (χ1v) is 7.05. The van der Waals surface area contributed by atoms with Gasteiger partial charge in [0.15, 0.2) is 11.3 Å². The second-order valence-corrected chi connectivity index (χ2v) is 5.02. The van der Waals surface area contributed by atoms with E-state index in [-0.39, 0.29) is 11.3 Å². The SMILES string of the molecule is COc1ccc(-c2nn3cnc4ccccc4c3nc2=O)cc1. The fourth-order valence-corrected chi connectivity index (χ4v) is 2.48. The summed E-state index contributed by atoms with van der Waals surface area (Å²) in [6.07, 6.45) is 1.57. The molecule has 0 saturated heterocycles. The standard InChI is InChI=1S/C17H12N4O2/c1-23-12-8-6-11(7-9-12)15-17(22)19-16-13-4-2-3-5-14(13)18-10-21(16)20-15/h2-10H,1H3. The smallest absolute Gasteiger partial charge is 0.300 e. The molecule has 4 rings (SSSR count). The van der Waals surface area contributed by atoms with Gasteiger partial charge in [0, 0.05) is 10.9 Å². The third-order valence-electron chi connectivity index (χ3n) is 3.65. The van der Waals surface area contributed by atoms with E-state index in [0.717, 1.165) is 16.7 Å². The second kappa shape index (κ2) is 5.17. The minimum absolute atomic E-state index is 0.280. The van der Waals surface area contributed by atoms with E-state index < -0.39 is 0 Å². The van der Waals surface area contributed by atoms with Crippen molar-refractivity contribution in [1.82, 2.24) is 19.6 Å². The highest BCUT2D eigenvalue weighted by atomic mass is 16.5. The number of methoxy groups -OCH3 is 1. The molecule has 0 aliphatic heterocycles. The number of aromatic nitrogens is 4. The number of rotatable bonds is 2. The summed E-state index contributed by atoms with van der Waals surface area (Å²) in [5, 5.41) is 5.18. The Morgan fingerprint density at radius 2 is 1.83 bits per heavy atom. The minimum Gasteiger partial charge on any atom is -0.497 e. The van der Waals surface area contributed by atoms with Crippen LogP contribution in [0.15, 0.2) is 59.7 Å². The number of para-hydroxylation sites is 1. The molecule has 4 aromatic rings. The van der Waals surface area contributed by atoms with Gasteiger partial charge in [-0.3, -0.25) is 4.79 Å². The molecule has 23 heavy (non-hydrogen) atoms. The van der Waals surface area contributed by atoms with E-state index in [4.69, 9.17) is 4.74 Å². The van der Waals surface area contributed by atoms with Crippen LogP contribution in [0.25, 0.3) is 27.8 Å². The zero-order valence-electron chi connectivity index (χ0n) is 12.3. The van der Waals surface area contributed by atoms with Crippen molar-refractivity contribution in [3.05, 3.63) is 65.2 Å². The first kappa shape index (κ1) is 13.4. The zero-order valence-corrected chi connectivity index (χ0v) is 12.3. The highest BCUT2D eigenvalue weighted by molar-refractivity contribution is 5.90. The van der Waals surface area contributed by atoms with Crippen molar-refractivity contribution in [3.8, 4) is 17.0 Å². The molecule has 0 unspecified atom stereocenters. The van der Waals surface area contributed by atoms with Crippen LogP contribution < -0.4 is 10.3 Å². The minimum atomic E-state index is -0.369. The lowest BCUT2D eigenvalue weighted by Gasteiger charge is -2.06. The average molecular weight is 304 g/mol. The first-order valence-electron chi connectivity index (χ1n) is 7.05. The number of hydrogen-bond acceptors (Lipinski definition) is 5. The van der Waals surface area contributed by atoms with Gasteiger partial charge >= 0.3 is 0 Å². The molecule has 0 amide bonds. The van der Waals surface area contributed by atoms with E-state index in [0.29, 0.717) is 11.2 Å². The molecule has 0 atom stereocenters. The van der Waals surface area contributed by atoms with Gasteiger partial charge in [0.1, 0.15) is 12.1 Å². The summed E-state index contributed by atoms with van der Waals surface area (Å²) in [5.41, 5.74) is 1.87. The molecule has 0 radical (unpaired) electrons. The van der Waals surface area contributed by atoms with Crippen LogP contribution in [0, 0.1) is 0 Å². The molecule has 0 N–H and O–H groups in total. The summed E-state index contributed by atoms with van der Waals surface area (Å²) in [5.74, 6) is 0.718. The maximum atomic E-state index is 12.4. The van der Waals surface area contributed by atoms with Crippen LogP contribution in [0.3, 0.4) is 0 Å². The molecule has 112 valence electrons. The molecular weight excluding hydrogens is 292 g/mol. The molecule has 0 bridgehead atoms. The lowest BCUT2D eigenvalue weighted by Crippen LogP contribution is -2.16. The Morgan fingerprint density at radius 3 is 2.61 bits per heavy atom. The normalized spacial score (nSPS) is 11.0. The number of fused-ring (bicyclic) bond motifs is 3. The topological polar surface area (TPSA) is 69.4 Å². The molecule has 2 aromatic heterocycles. The van der Waals surface area contributed by atoms with Crippen LogP contribution in [-0.4, -0.2) is 26.7 Å². The molecule has 0 aliphatic carbocycles. The van der Waals surface area contributed by atoms with Crippen molar-refractivity contribution in [3.63, 3.8) is 0 Å². The zero-order chi connectivity index (χ0) is 15.8. The van der Waals surface area contributed by atoms with Gasteiger partial charge in [-0.1, -0.05) is 12.1 Å². The highest BCUT2D eigenvalue weighted by Crippen LogP contribution is 2.19. The number of nitrogens with zero attached hydrogens (tertiary/aromatic N) is 4. The summed E-state index contributed by atoms with van der Waals surface area (Å²) in [4.78, 5) is 20.9. The van der Waals surface area contributed by atoms with Crippen molar-refractivity contribution in [2.24, 2.45) is 0 Å². The Kier molecular flexibility index (Phi) is 3.01. The van der Waals surface area contributed by atoms with Crippen molar-refractivity contribution in [2.75, 3.05) is 7.11 Å². The lowest BCUT2D eigenvalue weighted by molar-refractivity contribution is 0.415. The highest BCUT2D eigenvalue weighted by Gasteiger charge is 2.11. The predicted octanol–water partition coefficient (Wildman–Crippen LogP) is 2.31. The third kappa shape index (κ3) is 2.20. The molecule has 0 saturated carbocycles. The molecule has 2 heterocycles. The van der Waals surface area contributed by atoms with Crippen molar-refractivity contribution in [2.45, 2.75) is 0 Å². The molecular formula is C17H12N4O2. The Bertz CT molecular complexity index is 1070. The van der Waals surface area contributed by atoms with Gasteiger partial charge in [0.25, 0.3) is 5.56 Å². The van der Waals surface area contributed by atoms with Crippen molar-refractivity contribution >= 4 is 16.6 Å². The summed E-state index contributed by atoms with van der Waals surface area (Å²) in [7, 11) is 1.59. The number of benzene rings is 2. The van der Waals surface area contributed by atoms with Gasteiger partial charge < -0.3 is 4.74 Å². The summed E-state index contributed by atoms with van der Waals surface area (Å²) < 4.78 is 6.66. The molecule has 0 spiro atoms. The maximum Gasteiger partial charge on any atom is 0.300 e. The Labute approximate surface area is 131 Å². The van der Waals surface area contributed by atoms with Gasteiger partial charge in [-0.2, -0.15) is 10.1 Å². The predicted molar refractivity (Wildman–Crippen MR) is 86.5 cm³/mol. The van der Waals surface area contributed by atoms with Crippen molar-refractivity contribution in [1.29, 1.82) is 0 Å². The Hall–Kier alpha value is -3.28.